The molecule has 0 bridgehead atoms. The van der Waals surface area contributed by atoms with E-state index in [4.69, 9.17) is 4.74 Å². The second-order valence-electron chi connectivity index (χ2n) is 6.16. The highest BCUT2D eigenvalue weighted by Crippen LogP contribution is 2.26. The molecule has 0 radical (unpaired) electrons. The predicted octanol–water partition coefficient (Wildman–Crippen LogP) is 1.81. The predicted molar refractivity (Wildman–Crippen MR) is 96.3 cm³/mol. The van der Waals surface area contributed by atoms with Crippen LogP contribution in [-0.2, 0) is 6.42 Å². The molecule has 0 saturated carbocycles. The molecule has 1 aromatic heterocycles. The van der Waals surface area contributed by atoms with Crippen molar-refractivity contribution in [1.82, 2.24) is 9.97 Å². The number of β-amino-alcohol motifs (C(OH)–C–C–N with tert-alkyl or cyclic N) is 1. The quantitative estimate of drug-likeness (QED) is 0.736. The molecule has 0 unspecified atom stereocenters. The van der Waals surface area contributed by atoms with E-state index in [9.17, 15) is 10.2 Å². The Balaban J connectivity index is 1.57. The van der Waals surface area contributed by atoms with Gasteiger partial charge in [0.2, 0.25) is 5.95 Å². The Bertz CT molecular complexity index is 710. The van der Waals surface area contributed by atoms with E-state index in [0.717, 1.165) is 37.2 Å². The summed E-state index contributed by atoms with van der Waals surface area (Å²) in [6.45, 7) is 2.19. The number of nitrogens with one attached hydrogen (secondary N) is 1. The van der Waals surface area contributed by atoms with Crippen molar-refractivity contribution in [2.24, 2.45) is 0 Å². The first-order valence-corrected chi connectivity index (χ1v) is 8.51. The van der Waals surface area contributed by atoms with Crippen molar-refractivity contribution in [3.63, 3.8) is 0 Å². The average Bonchev–Trinajstić information content (AvgIpc) is 2.63. The number of hydrogen-bond acceptors (Lipinski definition) is 7. The van der Waals surface area contributed by atoms with Crippen LogP contribution in [0.15, 0.2) is 30.5 Å². The molecular weight excluding hydrogens is 320 g/mol. The van der Waals surface area contributed by atoms with E-state index in [2.05, 4.69) is 20.2 Å². The third-order valence-electron chi connectivity index (χ3n) is 4.30. The zero-order chi connectivity index (χ0) is 17.6. The van der Waals surface area contributed by atoms with Crippen LogP contribution in [0.2, 0.25) is 0 Å². The summed E-state index contributed by atoms with van der Waals surface area (Å²) in [5.41, 5.74) is 1.05. The molecule has 7 nitrogen and oxygen atoms in total. The fourth-order valence-electron chi connectivity index (χ4n) is 2.97. The summed E-state index contributed by atoms with van der Waals surface area (Å²) in [5, 5.41) is 22.7. The van der Waals surface area contributed by atoms with Crippen molar-refractivity contribution in [3.05, 3.63) is 36.0 Å². The van der Waals surface area contributed by atoms with Crippen molar-refractivity contribution < 1.29 is 14.9 Å². The van der Waals surface area contributed by atoms with Crippen LogP contribution in [-0.4, -0.2) is 53.0 Å². The van der Waals surface area contributed by atoms with Gasteiger partial charge in [-0.1, -0.05) is 6.07 Å². The minimum Gasteiger partial charge on any atom is -0.504 e. The lowest BCUT2D eigenvalue weighted by atomic mass is 10.1. The first kappa shape index (κ1) is 17.3. The van der Waals surface area contributed by atoms with Crippen molar-refractivity contribution >= 4 is 11.8 Å². The summed E-state index contributed by atoms with van der Waals surface area (Å²) >= 11 is 0. The van der Waals surface area contributed by atoms with Crippen LogP contribution >= 0.6 is 0 Å². The maximum atomic E-state index is 9.81. The van der Waals surface area contributed by atoms with E-state index < -0.39 is 0 Å². The number of methoxy groups -OCH3 is 1. The van der Waals surface area contributed by atoms with E-state index in [-0.39, 0.29) is 11.9 Å². The highest BCUT2D eigenvalue weighted by atomic mass is 16.5. The minimum absolute atomic E-state index is 0.138. The number of aliphatic hydroxyl groups excluding tert-OH is 1. The molecule has 0 spiro atoms. The lowest BCUT2D eigenvalue weighted by Crippen LogP contribution is -2.38. The molecule has 1 aliphatic heterocycles. The summed E-state index contributed by atoms with van der Waals surface area (Å²) in [7, 11) is 1.54. The monoisotopic (exact) mass is 344 g/mol. The number of hydrogen-bond donors (Lipinski definition) is 3. The summed E-state index contributed by atoms with van der Waals surface area (Å²) < 4.78 is 5.12. The van der Waals surface area contributed by atoms with Crippen LogP contribution in [0.4, 0.5) is 11.8 Å². The van der Waals surface area contributed by atoms with Gasteiger partial charge in [-0.3, -0.25) is 0 Å². The molecule has 134 valence electrons. The first-order valence-electron chi connectivity index (χ1n) is 8.51. The Kier molecular flexibility index (Phi) is 5.55. The van der Waals surface area contributed by atoms with Crippen LogP contribution in [0.25, 0.3) is 0 Å². The molecule has 2 heterocycles. The summed E-state index contributed by atoms with van der Waals surface area (Å²) in [6, 6.07) is 7.19. The second-order valence-corrected chi connectivity index (χ2v) is 6.16. The van der Waals surface area contributed by atoms with Gasteiger partial charge in [-0.05, 0) is 43.0 Å². The number of phenols is 1. The maximum Gasteiger partial charge on any atom is 0.224 e. The lowest BCUT2D eigenvalue weighted by molar-refractivity contribution is 0.154. The topological polar surface area (TPSA) is 90.7 Å². The van der Waals surface area contributed by atoms with Crippen LogP contribution in [0.5, 0.6) is 11.5 Å². The van der Waals surface area contributed by atoms with Crippen molar-refractivity contribution in [1.29, 1.82) is 0 Å². The van der Waals surface area contributed by atoms with Gasteiger partial charge in [0, 0.05) is 25.8 Å². The molecule has 3 rings (SSSR count). The van der Waals surface area contributed by atoms with E-state index in [1.807, 2.05) is 18.2 Å². The van der Waals surface area contributed by atoms with Crippen LogP contribution < -0.4 is 15.0 Å². The third-order valence-corrected chi connectivity index (χ3v) is 4.30. The number of anilines is 2. The molecule has 1 atom stereocenters. The highest BCUT2D eigenvalue weighted by Gasteiger charge is 2.19. The molecule has 2 aromatic rings. The van der Waals surface area contributed by atoms with Gasteiger partial charge in [0.1, 0.15) is 5.82 Å². The molecule has 7 heteroatoms. The number of benzene rings is 1. The summed E-state index contributed by atoms with van der Waals surface area (Å²) in [6.07, 6.45) is 4.02. The molecule has 1 aliphatic rings. The normalized spacial score (nSPS) is 17.4. The zero-order valence-electron chi connectivity index (χ0n) is 14.4. The smallest absolute Gasteiger partial charge is 0.224 e. The zero-order valence-corrected chi connectivity index (χ0v) is 14.4. The number of aromatic hydroxyl groups is 1. The van der Waals surface area contributed by atoms with Crippen molar-refractivity contribution in [2.75, 3.05) is 37.0 Å². The Hall–Kier alpha value is -2.54. The van der Waals surface area contributed by atoms with Gasteiger partial charge in [0.15, 0.2) is 11.5 Å². The largest absolute Gasteiger partial charge is 0.504 e. The van der Waals surface area contributed by atoms with Crippen molar-refractivity contribution in [3.8, 4) is 11.5 Å². The van der Waals surface area contributed by atoms with Crippen LogP contribution in [0.1, 0.15) is 18.4 Å². The molecule has 0 aliphatic carbocycles. The maximum absolute atomic E-state index is 9.81. The number of piperidine rings is 1. The number of ether oxygens (including phenoxy) is 1. The molecule has 0 amide bonds. The SMILES string of the molecule is COc1cc(CCNc2nccc(N3CCC[C@@H](O)C3)n2)ccc1O. The fraction of sp³-hybridized carbons (Fsp3) is 0.444. The molecule has 3 N–H and O–H groups in total. The second kappa shape index (κ2) is 8.02. The van der Waals surface area contributed by atoms with Crippen LogP contribution in [0.3, 0.4) is 0 Å². The molecule has 1 fully saturated rings. The van der Waals surface area contributed by atoms with Gasteiger partial charge in [-0.25, -0.2) is 4.98 Å². The Morgan fingerprint density at radius 2 is 2.24 bits per heavy atom. The van der Waals surface area contributed by atoms with E-state index in [0.29, 0.717) is 24.8 Å². The molecule has 25 heavy (non-hydrogen) atoms. The fourth-order valence-corrected chi connectivity index (χ4v) is 2.97. The Morgan fingerprint density at radius 1 is 1.36 bits per heavy atom. The van der Waals surface area contributed by atoms with Crippen LogP contribution in [0, 0.1) is 0 Å². The molecule has 1 aromatic carbocycles. The standard InChI is InChI=1S/C18H24N4O3/c1-25-16-11-13(4-5-15(16)24)6-8-19-18-20-9-7-17(21-18)22-10-2-3-14(23)12-22/h4-5,7,9,11,14,23-24H,2-3,6,8,10,12H2,1H3,(H,19,20,21)/t14-/m1/s1. The van der Waals surface area contributed by atoms with Gasteiger partial charge in [0.25, 0.3) is 0 Å². The number of aliphatic hydroxyl groups is 1. The highest BCUT2D eigenvalue weighted by molar-refractivity contribution is 5.44. The van der Waals surface area contributed by atoms with E-state index >= 15 is 0 Å². The summed E-state index contributed by atoms with van der Waals surface area (Å²) in [5.74, 6) is 2.02. The third kappa shape index (κ3) is 4.51. The van der Waals surface area contributed by atoms with Crippen molar-refractivity contribution in [2.45, 2.75) is 25.4 Å². The molecule has 1 saturated heterocycles. The molecular formula is C18H24N4O3. The van der Waals surface area contributed by atoms with Gasteiger partial charge in [-0.15, -0.1) is 0 Å². The average molecular weight is 344 g/mol. The first-order chi connectivity index (χ1) is 12.2. The lowest BCUT2D eigenvalue weighted by Gasteiger charge is -2.31. The van der Waals surface area contributed by atoms with E-state index in [1.165, 1.54) is 7.11 Å². The van der Waals surface area contributed by atoms with E-state index in [1.54, 1.807) is 12.3 Å². The van der Waals surface area contributed by atoms with Gasteiger partial charge in [-0.2, -0.15) is 4.98 Å². The number of nitrogens with zero attached hydrogens (tertiary/aromatic N) is 3. The Labute approximate surface area is 147 Å². The van der Waals surface area contributed by atoms with Gasteiger partial charge < -0.3 is 25.2 Å². The Morgan fingerprint density at radius 3 is 3.04 bits per heavy atom. The summed E-state index contributed by atoms with van der Waals surface area (Å²) in [4.78, 5) is 10.9. The van der Waals surface area contributed by atoms with Gasteiger partial charge in [0.05, 0.1) is 13.2 Å². The minimum atomic E-state index is -0.287. The van der Waals surface area contributed by atoms with Gasteiger partial charge >= 0.3 is 0 Å². The number of phenolic OH excluding ortho intramolecular Hbond substituents is 1. The number of aromatic nitrogens is 2. The number of rotatable bonds is 6.